The smallest absolute Gasteiger partial charge is 0.462 e. The van der Waals surface area contributed by atoms with Crippen LogP contribution in [-0.4, -0.2) is 98.3 Å². The van der Waals surface area contributed by atoms with Gasteiger partial charge in [0.05, 0.1) is 40.0 Å². The van der Waals surface area contributed by atoms with Crippen LogP contribution in [0.1, 0.15) is 162 Å². The molecule has 0 aromatic heterocycles. The Kier molecular flexibility index (Phi) is 30.8. The number of phosphoric acid groups is 1. The number of likely N-dealkylation sites (N-methyl/N-ethyl adjacent to an activating group) is 1. The summed E-state index contributed by atoms with van der Waals surface area (Å²) in [5, 5.41) is 10.3. The van der Waals surface area contributed by atoms with Crippen LogP contribution in [0.5, 0.6) is 0 Å². The van der Waals surface area contributed by atoms with Gasteiger partial charge in [-0.2, -0.15) is 0 Å². The normalized spacial score (nSPS) is 18.1. The lowest BCUT2D eigenvalue weighted by atomic mass is 10.0. The highest BCUT2D eigenvalue weighted by Crippen LogP contribution is 2.43. The number of unbranched alkanes of at least 4 members (excludes halogenated alkanes) is 16. The number of esters is 2. The van der Waals surface area contributed by atoms with Crippen LogP contribution in [0, 0.1) is 0 Å². The topological polar surface area (TPSA) is 141 Å². The number of hydrogen-bond donors (Lipinski definition) is 2. The summed E-state index contributed by atoms with van der Waals surface area (Å²) in [5.41, 5.74) is 0. The van der Waals surface area contributed by atoms with Crippen LogP contribution in [-0.2, 0) is 37.4 Å². The molecule has 0 bridgehead atoms. The molecule has 0 spiro atoms. The van der Waals surface area contributed by atoms with Crippen LogP contribution in [0.3, 0.4) is 0 Å². The molecule has 0 aliphatic carbocycles. The van der Waals surface area contributed by atoms with Crippen molar-refractivity contribution in [3.8, 4) is 0 Å². The van der Waals surface area contributed by atoms with Gasteiger partial charge in [0.25, 0.3) is 0 Å². The zero-order chi connectivity index (χ0) is 41.3. The molecular formula is C44H81NO10P+. The number of carbonyl (C=O) groups is 2. The third kappa shape index (κ3) is 33.2. The second kappa shape index (κ2) is 33.0. The first-order chi connectivity index (χ1) is 26.8. The van der Waals surface area contributed by atoms with Crippen molar-refractivity contribution in [2.75, 3.05) is 47.5 Å². The third-order valence-electron chi connectivity index (χ3n) is 9.60. The van der Waals surface area contributed by atoms with Crippen molar-refractivity contribution in [2.45, 2.75) is 186 Å². The molecule has 11 nitrogen and oxygen atoms in total. The number of allylic oxidation sites excluding steroid dienone is 2. The Labute approximate surface area is 340 Å². The van der Waals surface area contributed by atoms with Crippen LogP contribution in [0.25, 0.3) is 0 Å². The zero-order valence-corrected chi connectivity index (χ0v) is 36.8. The quantitative estimate of drug-likeness (QED) is 0.0155. The lowest BCUT2D eigenvalue weighted by Crippen LogP contribution is -2.37. The monoisotopic (exact) mass is 815 g/mol. The Morgan fingerprint density at radius 2 is 1.30 bits per heavy atom. The van der Waals surface area contributed by atoms with Crippen molar-refractivity contribution in [3.63, 3.8) is 0 Å². The van der Waals surface area contributed by atoms with Gasteiger partial charge in [0.15, 0.2) is 6.10 Å². The minimum Gasteiger partial charge on any atom is -0.462 e. The van der Waals surface area contributed by atoms with Gasteiger partial charge >= 0.3 is 19.8 Å². The predicted molar refractivity (Wildman–Crippen MR) is 225 cm³/mol. The maximum Gasteiger partial charge on any atom is 0.472 e. The maximum absolute atomic E-state index is 12.7. The Hall–Kier alpha value is -1.85. The van der Waals surface area contributed by atoms with E-state index < -0.39 is 38.6 Å². The summed E-state index contributed by atoms with van der Waals surface area (Å²) in [5.74, 6) is -0.937. The highest BCUT2D eigenvalue weighted by Gasteiger charge is 2.35. The average Bonchev–Trinajstić information content (AvgIpc) is 3.90. The summed E-state index contributed by atoms with van der Waals surface area (Å²) in [7, 11) is 1.38. The molecule has 1 aliphatic rings. The van der Waals surface area contributed by atoms with Gasteiger partial charge in [0, 0.05) is 12.8 Å². The molecule has 5 atom stereocenters. The van der Waals surface area contributed by atoms with E-state index in [0.29, 0.717) is 30.3 Å². The molecule has 1 heterocycles. The molecule has 1 saturated heterocycles. The van der Waals surface area contributed by atoms with Crippen molar-refractivity contribution in [2.24, 2.45) is 0 Å². The fourth-order valence-electron chi connectivity index (χ4n) is 5.96. The number of carbonyl (C=O) groups excluding carboxylic acids is 2. The number of phosphoric ester groups is 1. The molecule has 0 amide bonds. The van der Waals surface area contributed by atoms with Crippen LogP contribution < -0.4 is 0 Å². The van der Waals surface area contributed by atoms with Gasteiger partial charge in [-0.15, -0.1) is 0 Å². The Morgan fingerprint density at radius 3 is 1.95 bits per heavy atom. The summed E-state index contributed by atoms with van der Waals surface area (Å²) < 4.78 is 39.8. The maximum atomic E-state index is 12.7. The van der Waals surface area contributed by atoms with E-state index in [1.54, 1.807) is 6.08 Å². The molecule has 2 N–H and O–H groups in total. The highest BCUT2D eigenvalue weighted by molar-refractivity contribution is 7.47. The molecule has 1 aliphatic heterocycles. The van der Waals surface area contributed by atoms with E-state index in [1.165, 1.54) is 83.5 Å². The van der Waals surface area contributed by atoms with E-state index >= 15 is 0 Å². The Bertz CT molecular complexity index is 1140. The van der Waals surface area contributed by atoms with Gasteiger partial charge in [-0.3, -0.25) is 18.6 Å². The fraction of sp³-hybridized carbons (Fsp3) is 0.818. The first kappa shape index (κ1) is 52.2. The van der Waals surface area contributed by atoms with E-state index in [4.69, 9.17) is 23.3 Å². The number of aliphatic hydroxyl groups excluding tert-OH is 1. The summed E-state index contributed by atoms with van der Waals surface area (Å²) in [6, 6.07) is 0. The number of rotatable bonds is 38. The predicted octanol–water partition coefficient (Wildman–Crippen LogP) is 10.1. The summed E-state index contributed by atoms with van der Waals surface area (Å²) >= 11 is 0. The van der Waals surface area contributed by atoms with Crippen LogP contribution in [0.2, 0.25) is 0 Å². The van der Waals surface area contributed by atoms with Crippen LogP contribution in [0.4, 0.5) is 0 Å². The second-order valence-corrected chi connectivity index (χ2v) is 17.7. The Morgan fingerprint density at radius 1 is 0.732 bits per heavy atom. The van der Waals surface area contributed by atoms with Gasteiger partial charge in [-0.1, -0.05) is 140 Å². The van der Waals surface area contributed by atoms with Crippen LogP contribution in [0.15, 0.2) is 36.5 Å². The van der Waals surface area contributed by atoms with E-state index in [-0.39, 0.29) is 38.3 Å². The lowest BCUT2D eigenvalue weighted by molar-refractivity contribution is -0.870. The Balaban J connectivity index is 2.37. The summed E-state index contributed by atoms with van der Waals surface area (Å²) in [6.07, 6.45) is 33.9. The second-order valence-electron chi connectivity index (χ2n) is 16.3. The number of hydrogen-bond acceptors (Lipinski definition) is 9. The van der Waals surface area contributed by atoms with Crippen molar-refractivity contribution in [1.82, 2.24) is 0 Å². The average molecular weight is 815 g/mol. The molecular weight excluding hydrogens is 733 g/mol. The van der Waals surface area contributed by atoms with Gasteiger partial charge < -0.3 is 28.7 Å². The standard InChI is InChI=1S/C44H80NO10P/c1-6-8-10-12-14-15-16-17-18-19-20-22-27-31-43(47)51-37-40(38-53-56(49,50)52-36-35-45(3,4)5)54-44(48)32-28-24-23-25-29-39(46)33-34-42-41(55-42)30-26-21-13-11-9-7-2/h21,23,25-26,33-34,39-42,46H,6-20,22,24,27-32,35-38H2,1-5H3/p+1/b25-23+,26-21+,34-33-. The van der Waals surface area contributed by atoms with E-state index in [2.05, 4.69) is 26.0 Å². The first-order valence-electron chi connectivity index (χ1n) is 21.9. The van der Waals surface area contributed by atoms with Gasteiger partial charge in [-0.25, -0.2) is 4.57 Å². The van der Waals surface area contributed by atoms with E-state index in [0.717, 1.165) is 32.1 Å². The molecule has 0 aromatic carbocycles. The summed E-state index contributed by atoms with van der Waals surface area (Å²) in [6.45, 7) is 4.20. The van der Waals surface area contributed by atoms with Gasteiger partial charge in [0.2, 0.25) is 0 Å². The zero-order valence-electron chi connectivity index (χ0n) is 35.9. The van der Waals surface area contributed by atoms with Crippen molar-refractivity contribution >= 4 is 19.8 Å². The van der Waals surface area contributed by atoms with Crippen molar-refractivity contribution < 1.29 is 51.9 Å². The molecule has 0 saturated carbocycles. The molecule has 5 unspecified atom stereocenters. The fourth-order valence-corrected chi connectivity index (χ4v) is 6.70. The number of aliphatic hydroxyl groups is 1. The number of ether oxygens (including phenoxy) is 3. The minimum absolute atomic E-state index is 0.00317. The van der Waals surface area contributed by atoms with Gasteiger partial charge in [-0.05, 0) is 44.9 Å². The SMILES string of the molecule is CCCCC/C=C/CC1OC1/C=C\C(O)C/C=C/CCCC(=O)OC(COC(=O)CCCCCCCCCCCCCCC)COP(=O)(O)OCC[N+](C)(C)C. The molecule has 56 heavy (non-hydrogen) atoms. The number of epoxide rings is 1. The van der Waals surface area contributed by atoms with Crippen molar-refractivity contribution in [1.29, 1.82) is 0 Å². The third-order valence-corrected chi connectivity index (χ3v) is 10.6. The largest absolute Gasteiger partial charge is 0.472 e. The molecule has 1 rings (SSSR count). The van der Waals surface area contributed by atoms with Gasteiger partial charge in [0.1, 0.15) is 25.9 Å². The van der Waals surface area contributed by atoms with E-state index in [1.807, 2.05) is 39.4 Å². The van der Waals surface area contributed by atoms with E-state index in [9.17, 15) is 24.2 Å². The molecule has 0 aromatic rings. The molecule has 12 heteroatoms. The van der Waals surface area contributed by atoms with Crippen molar-refractivity contribution in [3.05, 3.63) is 36.5 Å². The lowest BCUT2D eigenvalue weighted by Gasteiger charge is -2.24. The summed E-state index contributed by atoms with van der Waals surface area (Å²) in [4.78, 5) is 35.4. The molecule has 0 radical (unpaired) electrons. The molecule has 326 valence electrons. The highest BCUT2D eigenvalue weighted by atomic mass is 31.2. The first-order valence-corrected chi connectivity index (χ1v) is 23.4. The number of nitrogens with zero attached hydrogens (tertiary/aromatic N) is 1. The molecule has 1 fully saturated rings. The number of quaternary nitrogens is 1. The minimum atomic E-state index is -4.41. The van der Waals surface area contributed by atoms with Crippen LogP contribution >= 0.6 is 7.82 Å².